The molecule has 0 heterocycles. The van der Waals surface area contributed by atoms with Gasteiger partial charge in [0.2, 0.25) is 0 Å². The molecule has 0 radical (unpaired) electrons. The Morgan fingerprint density at radius 1 is 1.27 bits per heavy atom. The molecule has 2 heteroatoms. The van der Waals surface area contributed by atoms with Crippen LogP contribution in [0.25, 0.3) is 0 Å². The average Bonchev–Trinajstić information content (AvgIpc) is 2.27. The highest BCUT2D eigenvalue weighted by Crippen LogP contribution is 2.34. The Morgan fingerprint density at radius 2 is 1.93 bits per heavy atom. The largest absolute Gasteiger partial charge is 0.374 e. The third kappa shape index (κ3) is 4.12. The summed E-state index contributed by atoms with van der Waals surface area (Å²) in [6.07, 6.45) is 6.26. The van der Waals surface area contributed by atoms with Crippen molar-refractivity contribution in [3.8, 4) is 0 Å². The molecule has 1 aliphatic rings. The molecular weight excluding hydrogens is 186 g/mol. The number of nitrogens with one attached hydrogen (secondary N) is 1. The second-order valence-corrected chi connectivity index (χ2v) is 4.99. The highest BCUT2D eigenvalue weighted by atomic mass is 16.5. The predicted octanol–water partition coefficient (Wildman–Crippen LogP) is 2.97. The van der Waals surface area contributed by atoms with Gasteiger partial charge in [0.25, 0.3) is 0 Å². The minimum absolute atomic E-state index is 0.151. The van der Waals surface area contributed by atoms with E-state index in [1.54, 1.807) is 0 Å². The molecule has 0 aliphatic heterocycles. The molecule has 1 rings (SSSR count). The first-order valence-corrected chi connectivity index (χ1v) is 6.57. The van der Waals surface area contributed by atoms with Gasteiger partial charge in [-0.05, 0) is 44.6 Å². The van der Waals surface area contributed by atoms with Gasteiger partial charge in [-0.15, -0.1) is 0 Å². The second kappa shape index (κ2) is 6.49. The first kappa shape index (κ1) is 13.0. The van der Waals surface area contributed by atoms with Gasteiger partial charge in [0.15, 0.2) is 0 Å². The summed E-state index contributed by atoms with van der Waals surface area (Å²) >= 11 is 0. The summed E-state index contributed by atoms with van der Waals surface area (Å²) in [5.74, 6) is 0.893. The normalized spacial score (nSPS) is 31.8. The summed E-state index contributed by atoms with van der Waals surface area (Å²) in [4.78, 5) is 0. The van der Waals surface area contributed by atoms with Crippen molar-refractivity contribution in [3.05, 3.63) is 0 Å². The van der Waals surface area contributed by atoms with Crippen molar-refractivity contribution in [2.45, 2.75) is 58.5 Å². The lowest BCUT2D eigenvalue weighted by Gasteiger charge is -2.39. The van der Waals surface area contributed by atoms with E-state index in [1.807, 2.05) is 0 Å². The molecule has 0 spiro atoms. The zero-order valence-electron chi connectivity index (χ0n) is 10.6. The highest BCUT2D eigenvalue weighted by Gasteiger charge is 2.34. The topological polar surface area (TPSA) is 21.3 Å². The monoisotopic (exact) mass is 213 g/mol. The molecule has 0 aromatic rings. The van der Waals surface area contributed by atoms with E-state index in [0.29, 0.717) is 0 Å². The van der Waals surface area contributed by atoms with Gasteiger partial charge in [-0.25, -0.2) is 0 Å². The Morgan fingerprint density at radius 3 is 2.47 bits per heavy atom. The van der Waals surface area contributed by atoms with Gasteiger partial charge in [-0.2, -0.15) is 0 Å². The van der Waals surface area contributed by atoms with Crippen LogP contribution < -0.4 is 5.32 Å². The van der Waals surface area contributed by atoms with Crippen LogP contribution in [0.1, 0.15) is 52.9 Å². The Balaban J connectivity index is 2.44. The third-order valence-corrected chi connectivity index (χ3v) is 3.50. The average molecular weight is 213 g/mol. The fourth-order valence-corrected chi connectivity index (χ4v) is 2.33. The molecule has 1 aliphatic carbocycles. The molecule has 0 aromatic heterocycles. The molecule has 0 unspecified atom stereocenters. The quantitative estimate of drug-likeness (QED) is 0.732. The van der Waals surface area contributed by atoms with Gasteiger partial charge in [-0.3, -0.25) is 0 Å². The number of rotatable bonds is 6. The van der Waals surface area contributed by atoms with Gasteiger partial charge < -0.3 is 10.1 Å². The summed E-state index contributed by atoms with van der Waals surface area (Å²) in [6.45, 7) is 9.71. The van der Waals surface area contributed by atoms with E-state index >= 15 is 0 Å². The van der Waals surface area contributed by atoms with Gasteiger partial charge in [0.1, 0.15) is 0 Å². The minimum atomic E-state index is 0.151. The summed E-state index contributed by atoms with van der Waals surface area (Å²) in [6, 6.07) is 0. The molecule has 2 nitrogen and oxygen atoms in total. The van der Waals surface area contributed by atoms with E-state index in [9.17, 15) is 0 Å². The molecule has 0 saturated heterocycles. The van der Waals surface area contributed by atoms with Crippen molar-refractivity contribution in [1.82, 2.24) is 5.32 Å². The molecule has 1 fully saturated rings. The van der Waals surface area contributed by atoms with Crippen molar-refractivity contribution >= 4 is 0 Å². The van der Waals surface area contributed by atoms with Crippen molar-refractivity contribution < 1.29 is 4.74 Å². The van der Waals surface area contributed by atoms with Crippen LogP contribution in [0.5, 0.6) is 0 Å². The van der Waals surface area contributed by atoms with Crippen molar-refractivity contribution in [2.75, 3.05) is 19.7 Å². The number of hydrogen-bond donors (Lipinski definition) is 1. The lowest BCUT2D eigenvalue weighted by atomic mass is 9.79. The molecule has 0 bridgehead atoms. The van der Waals surface area contributed by atoms with Crippen LogP contribution in [-0.4, -0.2) is 25.3 Å². The molecule has 90 valence electrons. The van der Waals surface area contributed by atoms with E-state index in [1.165, 1.54) is 25.7 Å². The van der Waals surface area contributed by atoms with Crippen molar-refractivity contribution in [1.29, 1.82) is 0 Å². The second-order valence-electron chi connectivity index (χ2n) is 4.99. The maximum Gasteiger partial charge on any atom is 0.0806 e. The molecule has 0 aromatic carbocycles. The molecule has 0 amide bonds. The van der Waals surface area contributed by atoms with Crippen LogP contribution in [0.15, 0.2) is 0 Å². The van der Waals surface area contributed by atoms with Crippen LogP contribution in [0.3, 0.4) is 0 Å². The number of hydrogen-bond acceptors (Lipinski definition) is 2. The third-order valence-electron chi connectivity index (χ3n) is 3.50. The van der Waals surface area contributed by atoms with Gasteiger partial charge in [0, 0.05) is 13.2 Å². The summed E-state index contributed by atoms with van der Waals surface area (Å²) in [5, 5.41) is 3.46. The highest BCUT2D eigenvalue weighted by molar-refractivity contribution is 4.88. The van der Waals surface area contributed by atoms with Gasteiger partial charge in [-0.1, -0.05) is 20.8 Å². The maximum atomic E-state index is 6.11. The fourth-order valence-electron chi connectivity index (χ4n) is 2.33. The SMILES string of the molecule is CCCOC1(CNCC)CCC(C)CC1. The number of likely N-dealkylation sites (N-methyl/N-ethyl adjacent to an activating group) is 1. The van der Waals surface area contributed by atoms with E-state index in [4.69, 9.17) is 4.74 Å². The Kier molecular flexibility index (Phi) is 5.62. The lowest BCUT2D eigenvalue weighted by molar-refractivity contribution is -0.0746. The summed E-state index contributed by atoms with van der Waals surface area (Å²) < 4.78 is 6.11. The lowest BCUT2D eigenvalue weighted by Crippen LogP contribution is -2.46. The van der Waals surface area contributed by atoms with Crippen LogP contribution in [-0.2, 0) is 4.74 Å². The summed E-state index contributed by atoms with van der Waals surface area (Å²) in [5.41, 5.74) is 0.151. The minimum Gasteiger partial charge on any atom is -0.374 e. The smallest absolute Gasteiger partial charge is 0.0806 e. The van der Waals surface area contributed by atoms with Crippen molar-refractivity contribution in [2.24, 2.45) is 5.92 Å². The van der Waals surface area contributed by atoms with Crippen LogP contribution >= 0.6 is 0 Å². The van der Waals surface area contributed by atoms with Crippen LogP contribution in [0.2, 0.25) is 0 Å². The van der Waals surface area contributed by atoms with E-state index in [-0.39, 0.29) is 5.60 Å². The van der Waals surface area contributed by atoms with Gasteiger partial charge in [0.05, 0.1) is 5.60 Å². The van der Waals surface area contributed by atoms with Gasteiger partial charge >= 0.3 is 0 Å². The zero-order chi connectivity index (χ0) is 11.1. The van der Waals surface area contributed by atoms with E-state index in [0.717, 1.165) is 32.0 Å². The van der Waals surface area contributed by atoms with Crippen molar-refractivity contribution in [3.63, 3.8) is 0 Å². The predicted molar refractivity (Wildman–Crippen MR) is 65.1 cm³/mol. The zero-order valence-corrected chi connectivity index (χ0v) is 10.6. The number of ether oxygens (including phenoxy) is 1. The standard InChI is InChI=1S/C13H27NO/c1-4-10-15-13(11-14-5-2)8-6-12(3)7-9-13/h12,14H,4-11H2,1-3H3. The summed E-state index contributed by atoms with van der Waals surface area (Å²) in [7, 11) is 0. The molecule has 1 N–H and O–H groups in total. The van der Waals surface area contributed by atoms with E-state index < -0.39 is 0 Å². The molecule has 0 atom stereocenters. The van der Waals surface area contributed by atoms with E-state index in [2.05, 4.69) is 26.1 Å². The van der Waals surface area contributed by atoms with Crippen LogP contribution in [0, 0.1) is 5.92 Å². The Labute approximate surface area is 94.8 Å². The molecule has 15 heavy (non-hydrogen) atoms. The molecular formula is C13H27NO. The first-order chi connectivity index (χ1) is 7.22. The fraction of sp³-hybridized carbons (Fsp3) is 1.00. The Hall–Kier alpha value is -0.0800. The Bertz CT molecular complexity index is 144. The van der Waals surface area contributed by atoms with Crippen LogP contribution in [0.4, 0.5) is 0 Å². The maximum absolute atomic E-state index is 6.11. The first-order valence-electron chi connectivity index (χ1n) is 6.57. The molecule has 1 saturated carbocycles.